The Labute approximate surface area is 52.7 Å². The third kappa shape index (κ3) is 1.60. The van der Waals surface area contributed by atoms with Gasteiger partial charge in [0.05, 0.1) is 6.42 Å². The highest BCUT2D eigenvalue weighted by atomic mass is 16.4. The lowest BCUT2D eigenvalue weighted by molar-refractivity contribution is -0.136. The first-order chi connectivity index (χ1) is 4.29. The minimum atomic E-state index is -0.817. The molecule has 0 aliphatic carbocycles. The molecule has 0 saturated carbocycles. The molecule has 1 heterocycles. The van der Waals surface area contributed by atoms with E-state index in [1.165, 1.54) is 0 Å². The molecule has 0 amide bonds. The van der Waals surface area contributed by atoms with Gasteiger partial charge >= 0.3 is 5.97 Å². The van der Waals surface area contributed by atoms with Gasteiger partial charge in [0.2, 0.25) is 0 Å². The van der Waals surface area contributed by atoms with Crippen LogP contribution in [0.3, 0.4) is 0 Å². The molecule has 1 rings (SSSR count). The van der Waals surface area contributed by atoms with E-state index >= 15 is 0 Å². The van der Waals surface area contributed by atoms with Crippen LogP contribution in [0, 0.1) is 0 Å². The van der Waals surface area contributed by atoms with Crippen LogP contribution in [0.2, 0.25) is 0 Å². The van der Waals surface area contributed by atoms with E-state index in [2.05, 4.69) is 5.32 Å². The Morgan fingerprint density at radius 2 is 2.56 bits per heavy atom. The molecule has 1 aliphatic heterocycles. The van der Waals surface area contributed by atoms with Gasteiger partial charge in [-0.05, 0) is 11.6 Å². The summed E-state index contributed by atoms with van der Waals surface area (Å²) in [6, 6.07) is 0. The molecular formula is C6H6NO2. The minimum absolute atomic E-state index is 0.0694. The maximum atomic E-state index is 10.0. The fourth-order valence-corrected chi connectivity index (χ4v) is 0.600. The van der Waals surface area contributed by atoms with Crippen LogP contribution in [0.5, 0.6) is 0 Å². The van der Waals surface area contributed by atoms with Gasteiger partial charge in [0.15, 0.2) is 0 Å². The molecule has 0 aromatic carbocycles. The molecule has 0 aromatic heterocycles. The quantitative estimate of drug-likeness (QED) is 0.582. The largest absolute Gasteiger partial charge is 0.481 e. The van der Waals surface area contributed by atoms with Crippen LogP contribution in [-0.4, -0.2) is 11.1 Å². The van der Waals surface area contributed by atoms with Crippen molar-refractivity contribution in [1.82, 2.24) is 5.32 Å². The van der Waals surface area contributed by atoms with Gasteiger partial charge in [0.25, 0.3) is 0 Å². The van der Waals surface area contributed by atoms with Crippen LogP contribution >= 0.6 is 0 Å². The Morgan fingerprint density at radius 1 is 1.78 bits per heavy atom. The number of carboxylic acid groups (broad SMARTS) is 1. The predicted octanol–water partition coefficient (Wildman–Crippen LogP) is 0.477. The van der Waals surface area contributed by atoms with Crippen LogP contribution in [0.25, 0.3) is 0 Å². The number of allylic oxidation sites excluding steroid dienone is 1. The fraction of sp³-hybridized carbons (Fsp3) is 0.167. The highest BCUT2D eigenvalue weighted by Gasteiger charge is 2.02. The molecule has 0 unspecified atom stereocenters. The zero-order valence-electron chi connectivity index (χ0n) is 4.74. The summed E-state index contributed by atoms with van der Waals surface area (Å²) < 4.78 is 0. The predicted molar refractivity (Wildman–Crippen MR) is 31.6 cm³/mol. The Hall–Kier alpha value is -1.25. The van der Waals surface area contributed by atoms with Crippen LogP contribution in [0.1, 0.15) is 6.42 Å². The van der Waals surface area contributed by atoms with Crippen LogP contribution in [-0.2, 0) is 4.79 Å². The van der Waals surface area contributed by atoms with Crippen molar-refractivity contribution in [3.8, 4) is 0 Å². The SMILES string of the molecule is O=C(O)CC1=C[N]C=C1. The van der Waals surface area contributed by atoms with Gasteiger partial charge in [-0.15, -0.1) is 0 Å². The zero-order chi connectivity index (χ0) is 6.69. The van der Waals surface area contributed by atoms with Gasteiger partial charge in [-0.2, -0.15) is 0 Å². The van der Waals surface area contributed by atoms with Crippen molar-refractivity contribution in [2.45, 2.75) is 6.42 Å². The number of carbonyl (C=O) groups is 1. The normalized spacial score (nSPS) is 14.9. The molecule has 47 valence electrons. The Bertz CT molecular complexity index is 181. The van der Waals surface area contributed by atoms with E-state index in [9.17, 15) is 4.79 Å². The molecule has 0 fully saturated rings. The topological polar surface area (TPSA) is 51.4 Å². The van der Waals surface area contributed by atoms with E-state index in [0.717, 1.165) is 5.57 Å². The van der Waals surface area contributed by atoms with Crippen molar-refractivity contribution < 1.29 is 9.90 Å². The first-order valence-corrected chi connectivity index (χ1v) is 2.56. The van der Waals surface area contributed by atoms with Crippen molar-refractivity contribution >= 4 is 5.97 Å². The summed E-state index contributed by atoms with van der Waals surface area (Å²) >= 11 is 0. The Morgan fingerprint density at radius 3 is 3.00 bits per heavy atom. The average molecular weight is 124 g/mol. The van der Waals surface area contributed by atoms with E-state index in [4.69, 9.17) is 5.11 Å². The molecule has 1 radical (unpaired) electrons. The summed E-state index contributed by atoms with van der Waals surface area (Å²) in [4.78, 5) is 10.0. The van der Waals surface area contributed by atoms with Crippen molar-refractivity contribution in [2.24, 2.45) is 0 Å². The molecule has 3 heteroatoms. The van der Waals surface area contributed by atoms with E-state index in [1.807, 2.05) is 0 Å². The number of hydrogen-bond acceptors (Lipinski definition) is 1. The maximum Gasteiger partial charge on any atom is 0.307 e. The summed E-state index contributed by atoms with van der Waals surface area (Å²) in [5, 5.41) is 12.0. The number of hydrogen-bond donors (Lipinski definition) is 1. The monoisotopic (exact) mass is 124 g/mol. The highest BCUT2D eigenvalue weighted by molar-refractivity contribution is 5.71. The van der Waals surface area contributed by atoms with Crippen LogP contribution in [0.4, 0.5) is 0 Å². The highest BCUT2D eigenvalue weighted by Crippen LogP contribution is 2.06. The molecule has 1 N–H and O–H groups in total. The fourth-order valence-electron chi connectivity index (χ4n) is 0.600. The molecule has 9 heavy (non-hydrogen) atoms. The summed E-state index contributed by atoms with van der Waals surface area (Å²) in [5.74, 6) is -0.817. The summed E-state index contributed by atoms with van der Waals surface area (Å²) in [6.07, 6.45) is 4.89. The molecule has 0 atom stereocenters. The molecule has 0 spiro atoms. The van der Waals surface area contributed by atoms with E-state index in [0.29, 0.717) is 0 Å². The third-order valence-electron chi connectivity index (χ3n) is 0.970. The number of carboxylic acids is 1. The molecule has 0 aromatic rings. The smallest absolute Gasteiger partial charge is 0.307 e. The van der Waals surface area contributed by atoms with E-state index in [1.54, 1.807) is 18.5 Å². The van der Waals surface area contributed by atoms with Gasteiger partial charge in [0, 0.05) is 12.4 Å². The first-order valence-electron chi connectivity index (χ1n) is 2.56. The van der Waals surface area contributed by atoms with Crippen molar-refractivity contribution in [3.05, 3.63) is 24.0 Å². The lowest BCUT2D eigenvalue weighted by atomic mass is 10.2. The minimum Gasteiger partial charge on any atom is -0.481 e. The standard InChI is InChI=1S/C6H6NO2/c8-6(9)3-5-1-2-7-4-5/h1-2,4H,3H2,(H,8,9). The Balaban J connectivity index is 2.45. The summed E-state index contributed by atoms with van der Waals surface area (Å²) in [5.41, 5.74) is 0.752. The molecule has 1 aliphatic rings. The van der Waals surface area contributed by atoms with E-state index < -0.39 is 5.97 Å². The van der Waals surface area contributed by atoms with Crippen LogP contribution < -0.4 is 5.32 Å². The second-order valence-corrected chi connectivity index (χ2v) is 1.74. The molecule has 0 saturated heterocycles. The number of nitrogens with zero attached hydrogens (tertiary/aromatic N) is 1. The molecule has 3 nitrogen and oxygen atoms in total. The second-order valence-electron chi connectivity index (χ2n) is 1.74. The lowest BCUT2D eigenvalue weighted by Crippen LogP contribution is -1.94. The van der Waals surface area contributed by atoms with Crippen LogP contribution in [0.15, 0.2) is 24.0 Å². The number of rotatable bonds is 2. The van der Waals surface area contributed by atoms with Gasteiger partial charge in [-0.3, -0.25) is 10.1 Å². The van der Waals surface area contributed by atoms with E-state index in [-0.39, 0.29) is 6.42 Å². The summed E-state index contributed by atoms with van der Waals surface area (Å²) in [6.45, 7) is 0. The zero-order valence-corrected chi connectivity index (χ0v) is 4.74. The Kier molecular flexibility index (Phi) is 1.53. The van der Waals surface area contributed by atoms with Crippen molar-refractivity contribution in [1.29, 1.82) is 0 Å². The number of aliphatic carboxylic acids is 1. The van der Waals surface area contributed by atoms with Crippen molar-refractivity contribution in [3.63, 3.8) is 0 Å². The summed E-state index contributed by atoms with van der Waals surface area (Å²) in [7, 11) is 0. The lowest BCUT2D eigenvalue weighted by Gasteiger charge is -1.87. The molecule has 0 bridgehead atoms. The first kappa shape index (κ1) is 5.88. The van der Waals surface area contributed by atoms with Gasteiger partial charge in [-0.1, -0.05) is 0 Å². The maximum absolute atomic E-state index is 10.0. The second kappa shape index (κ2) is 2.35. The third-order valence-corrected chi connectivity index (χ3v) is 0.970. The molecular weight excluding hydrogens is 118 g/mol. The average Bonchev–Trinajstić information content (AvgIpc) is 2.15. The van der Waals surface area contributed by atoms with Gasteiger partial charge in [0.1, 0.15) is 0 Å². The van der Waals surface area contributed by atoms with Gasteiger partial charge < -0.3 is 5.11 Å². The van der Waals surface area contributed by atoms with Crippen molar-refractivity contribution in [2.75, 3.05) is 0 Å². The van der Waals surface area contributed by atoms with Gasteiger partial charge in [-0.25, -0.2) is 0 Å².